The predicted octanol–water partition coefficient (Wildman–Crippen LogP) is -1.13. The molecule has 2 heterocycles. The third kappa shape index (κ3) is 1.13. The smallest absolute Gasteiger partial charge is 0.334 e. The summed E-state index contributed by atoms with van der Waals surface area (Å²) in [6.45, 7) is 3.08. The van der Waals surface area contributed by atoms with E-state index >= 15 is 0 Å². The van der Waals surface area contributed by atoms with Crippen molar-refractivity contribution in [1.82, 2.24) is 4.90 Å². The molecular formula is C10H13NO5. The molecule has 1 unspecified atom stereocenters. The minimum absolute atomic E-state index is 0.440. The lowest BCUT2D eigenvalue weighted by atomic mass is 9.79. The van der Waals surface area contributed by atoms with E-state index in [0.717, 1.165) is 4.90 Å². The molecule has 0 aromatic rings. The molecule has 2 saturated heterocycles. The SMILES string of the molecule is C[C@@H](O)[C@H]1C(=O)N2C(C(=O)O)C(=O)[C@H](C)[C@H]12. The molecule has 0 aromatic carbocycles. The molecule has 6 heteroatoms. The summed E-state index contributed by atoms with van der Waals surface area (Å²) in [5.74, 6) is -3.34. The highest BCUT2D eigenvalue weighted by atomic mass is 16.4. The Labute approximate surface area is 91.8 Å². The molecule has 2 N–H and O–H groups in total. The van der Waals surface area contributed by atoms with E-state index in [4.69, 9.17) is 5.11 Å². The normalized spacial score (nSPS) is 39.3. The molecular weight excluding hydrogens is 214 g/mol. The van der Waals surface area contributed by atoms with Gasteiger partial charge in [0.25, 0.3) is 0 Å². The van der Waals surface area contributed by atoms with Gasteiger partial charge in [-0.05, 0) is 6.92 Å². The summed E-state index contributed by atoms with van der Waals surface area (Å²) in [6.07, 6.45) is -0.850. The molecule has 0 bridgehead atoms. The second-order valence-corrected chi connectivity index (χ2v) is 4.43. The highest BCUT2D eigenvalue weighted by Gasteiger charge is 2.64. The second kappa shape index (κ2) is 3.28. The monoisotopic (exact) mass is 227 g/mol. The van der Waals surface area contributed by atoms with Crippen molar-refractivity contribution in [2.45, 2.75) is 32.0 Å². The van der Waals surface area contributed by atoms with E-state index in [1.54, 1.807) is 6.92 Å². The largest absolute Gasteiger partial charge is 0.479 e. The van der Waals surface area contributed by atoms with E-state index in [9.17, 15) is 19.5 Å². The number of hydrogen-bond acceptors (Lipinski definition) is 4. The van der Waals surface area contributed by atoms with Crippen LogP contribution < -0.4 is 0 Å². The minimum atomic E-state index is -1.36. The number of nitrogens with zero attached hydrogens (tertiary/aromatic N) is 1. The molecule has 2 rings (SSSR count). The van der Waals surface area contributed by atoms with E-state index < -0.39 is 47.7 Å². The van der Waals surface area contributed by atoms with Crippen molar-refractivity contribution < 1.29 is 24.6 Å². The number of aliphatic hydroxyl groups is 1. The fourth-order valence-electron chi connectivity index (χ4n) is 2.69. The first-order chi connectivity index (χ1) is 7.37. The number of aliphatic carboxylic acids is 1. The number of amides is 1. The van der Waals surface area contributed by atoms with Crippen LogP contribution in [0.2, 0.25) is 0 Å². The number of ketones is 1. The van der Waals surface area contributed by atoms with Crippen molar-refractivity contribution in [2.75, 3.05) is 0 Å². The number of Topliss-reactive ketones (excluding diaryl/α,β-unsaturated/α-hetero) is 1. The Kier molecular flexibility index (Phi) is 2.27. The van der Waals surface area contributed by atoms with Crippen LogP contribution in [0.1, 0.15) is 13.8 Å². The van der Waals surface area contributed by atoms with E-state index in [-0.39, 0.29) is 0 Å². The zero-order valence-corrected chi connectivity index (χ0v) is 8.95. The van der Waals surface area contributed by atoms with Gasteiger partial charge >= 0.3 is 5.97 Å². The number of carboxylic acids is 1. The van der Waals surface area contributed by atoms with Gasteiger partial charge in [0.05, 0.1) is 18.1 Å². The molecule has 16 heavy (non-hydrogen) atoms. The zero-order valence-electron chi connectivity index (χ0n) is 8.95. The van der Waals surface area contributed by atoms with Crippen LogP contribution in [-0.2, 0) is 14.4 Å². The van der Waals surface area contributed by atoms with Crippen LogP contribution in [0.5, 0.6) is 0 Å². The Morgan fingerprint density at radius 1 is 1.44 bits per heavy atom. The number of β-lactam (4-membered cyclic amide) rings is 1. The predicted molar refractivity (Wildman–Crippen MR) is 51.4 cm³/mol. The van der Waals surface area contributed by atoms with Crippen molar-refractivity contribution >= 4 is 17.7 Å². The standard InChI is InChI=1S/C10H13NO5/c1-3-6-5(4(2)12)9(14)11(6)7(8(3)13)10(15)16/h3-7,12H,1-2H3,(H,15,16)/t3-,4-,5-,6-,7?/m1/s1. The maximum absolute atomic E-state index is 11.7. The summed E-state index contributed by atoms with van der Waals surface area (Å²) in [5.41, 5.74) is 0. The first kappa shape index (κ1) is 11.1. The molecule has 0 aliphatic carbocycles. The number of carbonyl (C=O) groups excluding carboxylic acids is 2. The van der Waals surface area contributed by atoms with E-state index in [1.165, 1.54) is 6.92 Å². The molecule has 88 valence electrons. The molecule has 6 nitrogen and oxygen atoms in total. The van der Waals surface area contributed by atoms with Gasteiger partial charge in [-0.25, -0.2) is 4.79 Å². The number of carbonyl (C=O) groups is 3. The molecule has 5 atom stereocenters. The van der Waals surface area contributed by atoms with Gasteiger partial charge in [-0.1, -0.05) is 6.92 Å². The third-order valence-corrected chi connectivity index (χ3v) is 3.49. The van der Waals surface area contributed by atoms with Crippen LogP contribution in [0.3, 0.4) is 0 Å². The first-order valence-electron chi connectivity index (χ1n) is 5.14. The Morgan fingerprint density at radius 3 is 2.44 bits per heavy atom. The maximum Gasteiger partial charge on any atom is 0.334 e. The molecule has 2 fully saturated rings. The van der Waals surface area contributed by atoms with Gasteiger partial charge in [0.1, 0.15) is 0 Å². The Balaban J connectivity index is 2.32. The van der Waals surface area contributed by atoms with Gasteiger partial charge in [-0.2, -0.15) is 0 Å². The average Bonchev–Trinajstić information content (AvgIpc) is 2.38. The molecule has 0 saturated carbocycles. The number of carboxylic acid groups (broad SMARTS) is 1. The van der Waals surface area contributed by atoms with Gasteiger partial charge in [0.2, 0.25) is 5.91 Å². The van der Waals surface area contributed by atoms with Crippen LogP contribution in [0.4, 0.5) is 0 Å². The van der Waals surface area contributed by atoms with Crippen molar-refractivity contribution in [3.05, 3.63) is 0 Å². The first-order valence-corrected chi connectivity index (χ1v) is 5.14. The summed E-state index contributed by atoms with van der Waals surface area (Å²) in [4.78, 5) is 35.3. The zero-order chi connectivity index (χ0) is 12.2. The minimum Gasteiger partial charge on any atom is -0.479 e. The highest BCUT2D eigenvalue weighted by molar-refractivity contribution is 6.11. The molecule has 1 amide bonds. The third-order valence-electron chi connectivity index (χ3n) is 3.49. The lowest BCUT2D eigenvalue weighted by Gasteiger charge is -2.46. The van der Waals surface area contributed by atoms with Crippen molar-refractivity contribution in [1.29, 1.82) is 0 Å². The van der Waals surface area contributed by atoms with Gasteiger partial charge in [0.15, 0.2) is 11.8 Å². The van der Waals surface area contributed by atoms with Gasteiger partial charge in [-0.3, -0.25) is 9.59 Å². The Hall–Kier alpha value is -1.43. The molecule has 0 spiro atoms. The van der Waals surface area contributed by atoms with E-state index in [0.29, 0.717) is 0 Å². The maximum atomic E-state index is 11.7. The van der Waals surface area contributed by atoms with Crippen molar-refractivity contribution in [3.63, 3.8) is 0 Å². The fraction of sp³-hybridized carbons (Fsp3) is 0.700. The Bertz CT molecular complexity index is 377. The lowest BCUT2D eigenvalue weighted by molar-refractivity contribution is -0.171. The molecule has 2 aliphatic heterocycles. The Morgan fingerprint density at radius 2 is 2.00 bits per heavy atom. The highest BCUT2D eigenvalue weighted by Crippen LogP contribution is 2.42. The summed E-state index contributed by atoms with van der Waals surface area (Å²) in [7, 11) is 0. The number of rotatable bonds is 2. The topological polar surface area (TPSA) is 94.9 Å². The molecule has 0 aromatic heterocycles. The average molecular weight is 227 g/mol. The van der Waals surface area contributed by atoms with Crippen LogP contribution in [-0.4, -0.2) is 51.0 Å². The van der Waals surface area contributed by atoms with Gasteiger partial charge in [-0.15, -0.1) is 0 Å². The van der Waals surface area contributed by atoms with Crippen LogP contribution in [0.25, 0.3) is 0 Å². The van der Waals surface area contributed by atoms with E-state index in [2.05, 4.69) is 0 Å². The number of hydrogen-bond donors (Lipinski definition) is 2. The lowest BCUT2D eigenvalue weighted by Crippen LogP contribution is -2.65. The van der Waals surface area contributed by atoms with E-state index in [1.807, 2.05) is 0 Å². The van der Waals surface area contributed by atoms with Crippen molar-refractivity contribution in [2.24, 2.45) is 11.8 Å². The quantitative estimate of drug-likeness (QED) is 0.459. The summed E-state index contributed by atoms with van der Waals surface area (Å²) >= 11 is 0. The van der Waals surface area contributed by atoms with Crippen molar-refractivity contribution in [3.8, 4) is 0 Å². The number of fused-ring (bicyclic) bond motifs is 1. The van der Waals surface area contributed by atoms with Crippen LogP contribution in [0.15, 0.2) is 0 Å². The van der Waals surface area contributed by atoms with Gasteiger partial charge in [0, 0.05) is 5.92 Å². The number of aliphatic hydroxyl groups excluding tert-OH is 1. The van der Waals surface area contributed by atoms with Gasteiger partial charge < -0.3 is 15.1 Å². The van der Waals surface area contributed by atoms with Crippen LogP contribution >= 0.6 is 0 Å². The summed E-state index contributed by atoms with van der Waals surface area (Å²) in [6, 6.07) is -1.82. The molecule has 0 radical (unpaired) electrons. The fourth-order valence-corrected chi connectivity index (χ4v) is 2.69. The van der Waals surface area contributed by atoms with Crippen LogP contribution in [0, 0.1) is 11.8 Å². The second-order valence-electron chi connectivity index (χ2n) is 4.43. The summed E-state index contributed by atoms with van der Waals surface area (Å²) < 4.78 is 0. The summed E-state index contributed by atoms with van der Waals surface area (Å²) in [5, 5.41) is 18.3. The molecule has 2 aliphatic rings.